The summed E-state index contributed by atoms with van der Waals surface area (Å²) < 4.78 is 27.1. The van der Waals surface area contributed by atoms with Crippen molar-refractivity contribution in [2.75, 3.05) is 12.4 Å². The monoisotopic (exact) mass is 194 g/mol. The predicted molar refractivity (Wildman–Crippen MR) is 49.5 cm³/mol. The van der Waals surface area contributed by atoms with Crippen LogP contribution in [0, 0.1) is 5.41 Å². The van der Waals surface area contributed by atoms with Crippen molar-refractivity contribution in [1.29, 1.82) is 0 Å². The van der Waals surface area contributed by atoms with Gasteiger partial charge in [-0.15, -0.1) is 0 Å². The van der Waals surface area contributed by atoms with Gasteiger partial charge in [-0.05, 0) is 11.8 Å². The average Bonchev–Trinajstić information content (AvgIpc) is 1.78. The fraction of sp³-hybridized carbons (Fsp3) is 1.00. The van der Waals surface area contributed by atoms with Gasteiger partial charge in [-0.3, -0.25) is 4.18 Å². The van der Waals surface area contributed by atoms with Crippen molar-refractivity contribution in [3.8, 4) is 0 Å². The van der Waals surface area contributed by atoms with Crippen LogP contribution in [0.1, 0.15) is 34.1 Å². The summed E-state index contributed by atoms with van der Waals surface area (Å²) in [4.78, 5) is 0. The van der Waals surface area contributed by atoms with Gasteiger partial charge >= 0.3 is 0 Å². The summed E-state index contributed by atoms with van der Waals surface area (Å²) in [5, 5.41) is 0. The van der Waals surface area contributed by atoms with E-state index in [9.17, 15) is 8.42 Å². The molecule has 0 saturated carbocycles. The van der Waals surface area contributed by atoms with Crippen molar-refractivity contribution in [3.05, 3.63) is 0 Å². The summed E-state index contributed by atoms with van der Waals surface area (Å²) in [7, 11) is -3.30. The highest BCUT2D eigenvalue weighted by Crippen LogP contribution is 2.16. The zero-order chi connectivity index (χ0) is 9.83. The molecule has 0 rings (SSSR count). The quantitative estimate of drug-likeness (QED) is 0.641. The van der Waals surface area contributed by atoms with E-state index in [1.165, 1.54) is 0 Å². The normalized spacial score (nSPS) is 13.3. The fourth-order valence-corrected chi connectivity index (χ4v) is 2.35. The van der Waals surface area contributed by atoms with Gasteiger partial charge in [-0.1, -0.05) is 27.7 Å². The Labute approximate surface area is 75.2 Å². The van der Waals surface area contributed by atoms with E-state index in [0.29, 0.717) is 6.61 Å². The van der Waals surface area contributed by atoms with Crippen LogP contribution >= 0.6 is 0 Å². The Morgan fingerprint density at radius 2 is 1.75 bits per heavy atom. The summed E-state index contributed by atoms with van der Waals surface area (Å²) in [5.74, 6) is 0.0833. The van der Waals surface area contributed by atoms with Gasteiger partial charge < -0.3 is 0 Å². The molecule has 0 N–H and O–H groups in total. The van der Waals surface area contributed by atoms with Gasteiger partial charge in [0.1, 0.15) is 0 Å². The van der Waals surface area contributed by atoms with Crippen LogP contribution in [0.25, 0.3) is 0 Å². The minimum Gasteiger partial charge on any atom is -0.270 e. The molecule has 0 amide bonds. The molecule has 4 heteroatoms. The standard InChI is InChI=1S/C8H18O3S/c1-5-6-11-12(9,10)7-8(2,3)4/h5-7H2,1-4H3. The van der Waals surface area contributed by atoms with Crippen LogP contribution in [-0.4, -0.2) is 20.8 Å². The lowest BCUT2D eigenvalue weighted by molar-refractivity contribution is 0.307. The van der Waals surface area contributed by atoms with Crippen LogP contribution in [0.3, 0.4) is 0 Å². The molecule has 0 bridgehead atoms. The van der Waals surface area contributed by atoms with Gasteiger partial charge in [0.2, 0.25) is 0 Å². The van der Waals surface area contributed by atoms with Crippen molar-refractivity contribution >= 4 is 10.1 Å². The molecule has 0 heterocycles. The van der Waals surface area contributed by atoms with E-state index in [1.54, 1.807) is 0 Å². The summed E-state index contributed by atoms with van der Waals surface area (Å²) in [5.41, 5.74) is -0.230. The van der Waals surface area contributed by atoms with E-state index in [1.807, 2.05) is 27.7 Å². The van der Waals surface area contributed by atoms with Crippen LogP contribution in [0.15, 0.2) is 0 Å². The third-order valence-corrected chi connectivity index (χ3v) is 2.82. The summed E-state index contributed by atoms with van der Waals surface area (Å²) in [6.07, 6.45) is 0.726. The average molecular weight is 194 g/mol. The van der Waals surface area contributed by atoms with Gasteiger partial charge in [0.15, 0.2) is 0 Å². The van der Waals surface area contributed by atoms with Crippen molar-refractivity contribution < 1.29 is 12.6 Å². The lowest BCUT2D eigenvalue weighted by Gasteiger charge is -2.17. The van der Waals surface area contributed by atoms with Gasteiger partial charge in [0.05, 0.1) is 12.4 Å². The maximum atomic E-state index is 11.2. The highest BCUT2D eigenvalue weighted by molar-refractivity contribution is 7.86. The largest absolute Gasteiger partial charge is 0.270 e. The highest BCUT2D eigenvalue weighted by Gasteiger charge is 2.21. The first-order valence-electron chi connectivity index (χ1n) is 4.14. The van der Waals surface area contributed by atoms with E-state index >= 15 is 0 Å². The lowest BCUT2D eigenvalue weighted by atomic mass is 10.0. The van der Waals surface area contributed by atoms with Crippen LogP contribution in [0.5, 0.6) is 0 Å². The zero-order valence-electron chi connectivity index (χ0n) is 8.25. The van der Waals surface area contributed by atoms with Crippen LogP contribution in [0.2, 0.25) is 0 Å². The van der Waals surface area contributed by atoms with E-state index in [0.717, 1.165) is 6.42 Å². The first-order chi connectivity index (χ1) is 5.27. The van der Waals surface area contributed by atoms with Crippen LogP contribution in [-0.2, 0) is 14.3 Å². The first-order valence-corrected chi connectivity index (χ1v) is 5.72. The minimum atomic E-state index is -3.30. The molecule has 0 fully saturated rings. The molecular formula is C8H18O3S. The first kappa shape index (κ1) is 11.9. The molecule has 0 spiro atoms. The molecule has 0 radical (unpaired) electrons. The van der Waals surface area contributed by atoms with E-state index in [4.69, 9.17) is 4.18 Å². The van der Waals surface area contributed by atoms with Crippen LogP contribution in [0.4, 0.5) is 0 Å². The Balaban J connectivity index is 4.06. The molecule has 0 saturated heterocycles. The molecule has 0 aromatic rings. The molecule has 0 aromatic heterocycles. The second-order valence-corrected chi connectivity index (χ2v) is 5.72. The third-order valence-electron chi connectivity index (χ3n) is 1.08. The maximum Gasteiger partial charge on any atom is 0.267 e. The van der Waals surface area contributed by atoms with E-state index < -0.39 is 10.1 Å². The number of hydrogen-bond donors (Lipinski definition) is 0. The Morgan fingerprint density at radius 3 is 2.08 bits per heavy atom. The summed E-state index contributed by atoms with van der Waals surface area (Å²) in [6.45, 7) is 7.80. The molecule has 0 aliphatic heterocycles. The molecule has 74 valence electrons. The number of hydrogen-bond acceptors (Lipinski definition) is 3. The van der Waals surface area contributed by atoms with Crippen molar-refractivity contribution in [2.24, 2.45) is 5.41 Å². The van der Waals surface area contributed by atoms with Gasteiger partial charge in [-0.25, -0.2) is 0 Å². The Bertz CT molecular complexity index is 211. The smallest absolute Gasteiger partial charge is 0.267 e. The fourth-order valence-electron chi connectivity index (χ4n) is 0.782. The Hall–Kier alpha value is -0.0900. The lowest BCUT2D eigenvalue weighted by Crippen LogP contribution is -2.22. The predicted octanol–water partition coefficient (Wildman–Crippen LogP) is 1.79. The van der Waals surface area contributed by atoms with Crippen molar-refractivity contribution in [3.63, 3.8) is 0 Å². The summed E-state index contributed by atoms with van der Waals surface area (Å²) in [6, 6.07) is 0. The molecule has 0 atom stereocenters. The van der Waals surface area contributed by atoms with E-state index in [2.05, 4.69) is 0 Å². The molecule has 0 aliphatic rings. The molecule has 12 heavy (non-hydrogen) atoms. The zero-order valence-corrected chi connectivity index (χ0v) is 9.07. The number of rotatable bonds is 4. The molecular weight excluding hydrogens is 176 g/mol. The minimum absolute atomic E-state index is 0.0833. The maximum absolute atomic E-state index is 11.2. The second-order valence-electron chi connectivity index (χ2n) is 4.08. The highest BCUT2D eigenvalue weighted by atomic mass is 32.2. The van der Waals surface area contributed by atoms with Crippen LogP contribution < -0.4 is 0 Å². The van der Waals surface area contributed by atoms with Gasteiger partial charge in [0, 0.05) is 0 Å². The molecule has 0 aliphatic carbocycles. The Morgan fingerprint density at radius 1 is 1.25 bits per heavy atom. The van der Waals surface area contributed by atoms with Gasteiger partial charge in [-0.2, -0.15) is 8.42 Å². The van der Waals surface area contributed by atoms with E-state index in [-0.39, 0.29) is 11.2 Å². The topological polar surface area (TPSA) is 43.4 Å². The molecule has 0 unspecified atom stereocenters. The second kappa shape index (κ2) is 4.23. The van der Waals surface area contributed by atoms with Crippen molar-refractivity contribution in [1.82, 2.24) is 0 Å². The van der Waals surface area contributed by atoms with Gasteiger partial charge in [0.25, 0.3) is 10.1 Å². The molecule has 0 aromatic carbocycles. The Kier molecular flexibility index (Phi) is 4.20. The summed E-state index contributed by atoms with van der Waals surface area (Å²) >= 11 is 0. The third kappa shape index (κ3) is 6.61. The SMILES string of the molecule is CCCOS(=O)(=O)CC(C)(C)C. The molecule has 3 nitrogen and oxygen atoms in total. The van der Waals surface area contributed by atoms with Crippen molar-refractivity contribution in [2.45, 2.75) is 34.1 Å².